The van der Waals surface area contributed by atoms with Gasteiger partial charge in [-0.1, -0.05) is 42.5 Å². The predicted molar refractivity (Wildman–Crippen MR) is 120 cm³/mol. The third-order valence-electron chi connectivity index (χ3n) is 5.60. The highest BCUT2D eigenvalue weighted by Gasteiger charge is 2.47. The van der Waals surface area contributed by atoms with Crippen molar-refractivity contribution in [1.82, 2.24) is 0 Å². The Hall–Kier alpha value is -3.93. The number of carbonyl (C=O) groups excluding carboxylic acids is 2. The molecule has 3 aromatic carbocycles. The summed E-state index contributed by atoms with van der Waals surface area (Å²) in [7, 11) is 1.38. The summed E-state index contributed by atoms with van der Waals surface area (Å²) in [6, 6.07) is 17.4. The molecule has 1 aliphatic heterocycles. The molecule has 4 rings (SSSR count). The second-order valence-corrected chi connectivity index (χ2v) is 7.71. The molecule has 0 radical (unpaired) electrons. The van der Waals surface area contributed by atoms with Gasteiger partial charge in [0.1, 0.15) is 17.3 Å². The Morgan fingerprint density at radius 1 is 1.00 bits per heavy atom. The lowest BCUT2D eigenvalue weighted by Crippen LogP contribution is -2.30. The van der Waals surface area contributed by atoms with Gasteiger partial charge in [0.2, 0.25) is 0 Å². The highest BCUT2D eigenvalue weighted by atomic mass is 19.1. The van der Waals surface area contributed by atoms with Gasteiger partial charge in [-0.15, -0.1) is 0 Å². The number of ether oxygens (including phenoxy) is 1. The number of ketones is 1. The molecule has 1 atom stereocenters. The largest absolute Gasteiger partial charge is 0.507 e. The highest BCUT2D eigenvalue weighted by Crippen LogP contribution is 2.44. The van der Waals surface area contributed by atoms with E-state index in [1.54, 1.807) is 24.3 Å². The fourth-order valence-electron chi connectivity index (χ4n) is 4.02. The molecule has 1 heterocycles. The zero-order valence-corrected chi connectivity index (χ0v) is 17.9. The SMILES string of the molecule is COc1ccc(F)cc1/C(O)=C1\C(=O)C(=O)N(c2cc(C)ccc2C)C1c1ccccc1. The molecule has 3 aromatic rings. The van der Waals surface area contributed by atoms with Crippen LogP contribution in [0.2, 0.25) is 0 Å². The summed E-state index contributed by atoms with van der Waals surface area (Å²) < 4.78 is 19.3. The number of Topliss-reactive ketones (excluding diaryl/α,β-unsaturated/α-hetero) is 1. The standard InChI is InChI=1S/C26H22FNO4/c1-15-9-10-16(2)20(13-15)28-23(17-7-5-4-6-8-17)22(25(30)26(28)31)24(29)19-14-18(27)11-12-21(19)32-3/h4-14,23,29H,1-3H3/b24-22+. The number of methoxy groups -OCH3 is 1. The lowest BCUT2D eigenvalue weighted by molar-refractivity contribution is -0.132. The van der Waals surface area contributed by atoms with Gasteiger partial charge in [0.15, 0.2) is 0 Å². The number of halogens is 1. The lowest BCUT2D eigenvalue weighted by atomic mass is 9.94. The molecule has 162 valence electrons. The predicted octanol–water partition coefficient (Wildman–Crippen LogP) is 5.08. The maximum atomic E-state index is 14.0. The van der Waals surface area contributed by atoms with Crippen molar-refractivity contribution < 1.29 is 23.8 Å². The normalized spacial score (nSPS) is 17.6. The Morgan fingerprint density at radius 2 is 1.72 bits per heavy atom. The summed E-state index contributed by atoms with van der Waals surface area (Å²) in [5.41, 5.74) is 2.84. The topological polar surface area (TPSA) is 66.8 Å². The van der Waals surface area contributed by atoms with Crippen molar-refractivity contribution in [3.63, 3.8) is 0 Å². The highest BCUT2D eigenvalue weighted by molar-refractivity contribution is 6.51. The molecule has 1 unspecified atom stereocenters. The van der Waals surface area contributed by atoms with E-state index in [2.05, 4.69) is 0 Å². The van der Waals surface area contributed by atoms with Crippen LogP contribution in [0.5, 0.6) is 5.75 Å². The number of hydrogen-bond acceptors (Lipinski definition) is 4. The molecular weight excluding hydrogens is 409 g/mol. The van der Waals surface area contributed by atoms with Crippen molar-refractivity contribution in [2.75, 3.05) is 12.0 Å². The molecule has 0 bridgehead atoms. The first-order chi connectivity index (χ1) is 15.3. The molecule has 1 saturated heterocycles. The molecule has 32 heavy (non-hydrogen) atoms. The third-order valence-corrected chi connectivity index (χ3v) is 5.60. The Balaban J connectivity index is 2.01. The Bertz CT molecular complexity index is 1250. The monoisotopic (exact) mass is 431 g/mol. The quantitative estimate of drug-likeness (QED) is 0.356. The van der Waals surface area contributed by atoms with E-state index < -0.39 is 29.3 Å². The van der Waals surface area contributed by atoms with E-state index in [1.807, 2.05) is 38.1 Å². The molecule has 0 aromatic heterocycles. The van der Waals surface area contributed by atoms with Crippen LogP contribution in [0.25, 0.3) is 5.76 Å². The van der Waals surface area contributed by atoms with Gasteiger partial charge in [-0.05, 0) is 54.8 Å². The van der Waals surface area contributed by atoms with Crippen molar-refractivity contribution in [2.45, 2.75) is 19.9 Å². The summed E-state index contributed by atoms with van der Waals surface area (Å²) in [4.78, 5) is 27.9. The second-order valence-electron chi connectivity index (χ2n) is 7.71. The minimum absolute atomic E-state index is 0.00685. The molecular formula is C26H22FNO4. The first kappa shape index (κ1) is 21.3. The molecule has 0 saturated carbocycles. The smallest absolute Gasteiger partial charge is 0.300 e. The van der Waals surface area contributed by atoms with E-state index in [0.717, 1.165) is 17.2 Å². The van der Waals surface area contributed by atoms with Gasteiger partial charge in [-0.25, -0.2) is 4.39 Å². The van der Waals surface area contributed by atoms with Crippen LogP contribution in [0.1, 0.15) is 28.3 Å². The zero-order chi connectivity index (χ0) is 23.0. The van der Waals surface area contributed by atoms with Crippen LogP contribution in [-0.4, -0.2) is 23.9 Å². The van der Waals surface area contributed by atoms with Crippen LogP contribution in [-0.2, 0) is 9.59 Å². The number of aliphatic hydroxyl groups excluding tert-OH is 1. The third kappa shape index (κ3) is 3.54. The fraction of sp³-hybridized carbons (Fsp3) is 0.154. The van der Waals surface area contributed by atoms with Crippen molar-refractivity contribution >= 4 is 23.1 Å². The van der Waals surface area contributed by atoms with E-state index in [-0.39, 0.29) is 16.9 Å². The van der Waals surface area contributed by atoms with Gasteiger partial charge in [0.25, 0.3) is 11.7 Å². The first-order valence-corrected chi connectivity index (χ1v) is 10.1. The van der Waals surface area contributed by atoms with Gasteiger partial charge >= 0.3 is 0 Å². The van der Waals surface area contributed by atoms with Gasteiger partial charge in [0, 0.05) is 5.69 Å². The minimum atomic E-state index is -0.885. The zero-order valence-electron chi connectivity index (χ0n) is 17.9. The van der Waals surface area contributed by atoms with Crippen LogP contribution < -0.4 is 9.64 Å². The van der Waals surface area contributed by atoms with Crippen LogP contribution >= 0.6 is 0 Å². The Kier molecular flexibility index (Phi) is 5.53. The van der Waals surface area contributed by atoms with Gasteiger partial charge in [-0.2, -0.15) is 0 Å². The molecule has 0 spiro atoms. The number of aliphatic hydroxyl groups is 1. The maximum Gasteiger partial charge on any atom is 0.300 e. The number of anilines is 1. The van der Waals surface area contributed by atoms with Crippen molar-refractivity contribution in [3.05, 3.63) is 100 Å². The average Bonchev–Trinajstić information content (AvgIpc) is 3.06. The summed E-state index contributed by atoms with van der Waals surface area (Å²) in [6.07, 6.45) is 0. The van der Waals surface area contributed by atoms with E-state index in [4.69, 9.17) is 4.74 Å². The molecule has 6 heteroatoms. The fourth-order valence-corrected chi connectivity index (χ4v) is 4.02. The molecule has 1 aliphatic rings. The molecule has 1 fully saturated rings. The number of benzene rings is 3. The van der Waals surface area contributed by atoms with E-state index >= 15 is 0 Å². The van der Waals surface area contributed by atoms with E-state index in [1.165, 1.54) is 24.1 Å². The van der Waals surface area contributed by atoms with Crippen LogP contribution in [0.4, 0.5) is 10.1 Å². The number of hydrogen-bond donors (Lipinski definition) is 1. The lowest BCUT2D eigenvalue weighted by Gasteiger charge is -2.27. The van der Waals surface area contributed by atoms with E-state index in [9.17, 15) is 19.1 Å². The van der Waals surface area contributed by atoms with Crippen LogP contribution in [0.3, 0.4) is 0 Å². The van der Waals surface area contributed by atoms with Crippen molar-refractivity contribution in [1.29, 1.82) is 0 Å². The summed E-state index contributed by atoms with van der Waals surface area (Å²) >= 11 is 0. The molecule has 0 aliphatic carbocycles. The van der Waals surface area contributed by atoms with Gasteiger partial charge < -0.3 is 9.84 Å². The maximum absolute atomic E-state index is 14.0. The summed E-state index contributed by atoms with van der Waals surface area (Å²) in [6.45, 7) is 3.75. The first-order valence-electron chi connectivity index (χ1n) is 10.1. The number of aryl methyl sites for hydroxylation is 2. The summed E-state index contributed by atoms with van der Waals surface area (Å²) in [5, 5.41) is 11.2. The molecule has 1 amide bonds. The molecule has 5 nitrogen and oxygen atoms in total. The summed E-state index contributed by atoms with van der Waals surface area (Å²) in [5.74, 6) is -2.50. The minimum Gasteiger partial charge on any atom is -0.507 e. The Labute approximate surface area is 185 Å². The van der Waals surface area contributed by atoms with Gasteiger partial charge in [0.05, 0.1) is 24.3 Å². The Morgan fingerprint density at radius 3 is 2.41 bits per heavy atom. The van der Waals surface area contributed by atoms with Crippen molar-refractivity contribution in [3.8, 4) is 5.75 Å². The average molecular weight is 431 g/mol. The van der Waals surface area contributed by atoms with Crippen molar-refractivity contribution in [2.24, 2.45) is 0 Å². The van der Waals surface area contributed by atoms with E-state index in [0.29, 0.717) is 11.3 Å². The number of nitrogens with zero attached hydrogens (tertiary/aromatic N) is 1. The molecule has 1 N–H and O–H groups in total. The van der Waals surface area contributed by atoms with Gasteiger partial charge in [-0.3, -0.25) is 14.5 Å². The van der Waals surface area contributed by atoms with Crippen LogP contribution in [0.15, 0.2) is 72.3 Å². The van der Waals surface area contributed by atoms with Crippen LogP contribution in [0, 0.1) is 19.7 Å². The number of carbonyl (C=O) groups is 2. The second kappa shape index (κ2) is 8.30. The number of rotatable bonds is 4. The number of amides is 1.